The van der Waals surface area contributed by atoms with Crippen molar-refractivity contribution in [1.29, 1.82) is 0 Å². The molecule has 0 spiro atoms. The minimum absolute atomic E-state index is 0.0694. The van der Waals surface area contributed by atoms with Crippen molar-refractivity contribution in [3.8, 4) is 0 Å². The Labute approximate surface area is 158 Å². The lowest BCUT2D eigenvalue weighted by Crippen LogP contribution is -2.30. The highest BCUT2D eigenvalue weighted by Crippen LogP contribution is 2.31. The Morgan fingerprint density at radius 1 is 1.28 bits per heavy atom. The van der Waals surface area contributed by atoms with E-state index in [-0.39, 0.29) is 5.91 Å². The van der Waals surface area contributed by atoms with E-state index >= 15 is 0 Å². The summed E-state index contributed by atoms with van der Waals surface area (Å²) in [6, 6.07) is 2.16. The van der Waals surface area contributed by atoms with Crippen LogP contribution in [-0.4, -0.2) is 52.7 Å². The van der Waals surface area contributed by atoms with Crippen molar-refractivity contribution in [3.63, 3.8) is 0 Å². The van der Waals surface area contributed by atoms with Crippen LogP contribution in [0.4, 0.5) is 0 Å². The molecule has 0 atom stereocenters. The first kappa shape index (κ1) is 20.1. The summed E-state index contributed by atoms with van der Waals surface area (Å²) in [4.78, 5) is 25.8. The number of fused-ring (bicyclic) bond motifs is 1. The molecular weight excluding hydrogens is 352 g/mol. The second kappa shape index (κ2) is 10.1. The fourth-order valence-corrected chi connectivity index (χ4v) is 4.54. The summed E-state index contributed by atoms with van der Waals surface area (Å²) in [5.41, 5.74) is 0. The standard InChI is InChI=1S/C18H28N4OS2/c1-5-14-11-15-17(20-13(4)21-18(15)25-14)24-12-16(23)19-9-8-10-22(6-2)7-3/h11H,5-10,12H2,1-4H3,(H,19,23). The number of aryl methyl sites for hydroxylation is 2. The predicted octanol–water partition coefficient (Wildman–Crippen LogP) is 3.50. The third kappa shape index (κ3) is 5.94. The zero-order chi connectivity index (χ0) is 18.2. The minimum Gasteiger partial charge on any atom is -0.355 e. The summed E-state index contributed by atoms with van der Waals surface area (Å²) >= 11 is 3.22. The molecular formula is C18H28N4OS2. The highest BCUT2D eigenvalue weighted by molar-refractivity contribution is 8.00. The van der Waals surface area contributed by atoms with Crippen molar-refractivity contribution in [2.75, 3.05) is 31.9 Å². The number of carbonyl (C=O) groups is 1. The molecule has 0 saturated heterocycles. The SMILES string of the molecule is CCc1cc2c(SCC(=O)NCCCN(CC)CC)nc(C)nc2s1. The van der Waals surface area contributed by atoms with Gasteiger partial charge < -0.3 is 10.2 Å². The Morgan fingerprint density at radius 3 is 2.72 bits per heavy atom. The van der Waals surface area contributed by atoms with E-state index in [4.69, 9.17) is 0 Å². The van der Waals surface area contributed by atoms with Crippen LogP contribution in [-0.2, 0) is 11.2 Å². The number of hydrogen-bond acceptors (Lipinski definition) is 6. The molecule has 5 nitrogen and oxygen atoms in total. The van der Waals surface area contributed by atoms with Crippen molar-refractivity contribution in [2.24, 2.45) is 0 Å². The number of nitrogens with one attached hydrogen (secondary N) is 1. The van der Waals surface area contributed by atoms with Crippen LogP contribution in [0.2, 0.25) is 0 Å². The monoisotopic (exact) mass is 380 g/mol. The fraction of sp³-hybridized carbons (Fsp3) is 0.611. The smallest absolute Gasteiger partial charge is 0.230 e. The van der Waals surface area contributed by atoms with Crippen LogP contribution in [0.5, 0.6) is 0 Å². The molecule has 7 heteroatoms. The van der Waals surface area contributed by atoms with Crippen molar-refractivity contribution in [1.82, 2.24) is 20.2 Å². The number of rotatable bonds is 10. The number of amides is 1. The average molecular weight is 381 g/mol. The maximum absolute atomic E-state index is 12.1. The minimum atomic E-state index is 0.0694. The van der Waals surface area contributed by atoms with Crippen LogP contribution in [0.25, 0.3) is 10.2 Å². The molecule has 2 aromatic rings. The highest BCUT2D eigenvalue weighted by Gasteiger charge is 2.12. The van der Waals surface area contributed by atoms with Crippen LogP contribution < -0.4 is 5.32 Å². The molecule has 1 N–H and O–H groups in total. The molecule has 2 heterocycles. The molecule has 0 fully saturated rings. The van der Waals surface area contributed by atoms with E-state index in [9.17, 15) is 4.79 Å². The van der Waals surface area contributed by atoms with Gasteiger partial charge in [-0.15, -0.1) is 11.3 Å². The summed E-state index contributed by atoms with van der Waals surface area (Å²) in [5.74, 6) is 1.23. The molecule has 0 bridgehead atoms. The van der Waals surface area contributed by atoms with E-state index in [0.717, 1.165) is 60.1 Å². The Bertz CT molecular complexity index is 698. The van der Waals surface area contributed by atoms with E-state index in [1.54, 1.807) is 11.3 Å². The summed E-state index contributed by atoms with van der Waals surface area (Å²) in [6.45, 7) is 12.3. The number of hydrogen-bond donors (Lipinski definition) is 1. The van der Waals surface area contributed by atoms with Gasteiger partial charge in [0.1, 0.15) is 15.7 Å². The summed E-state index contributed by atoms with van der Waals surface area (Å²) in [6.07, 6.45) is 1.98. The van der Waals surface area contributed by atoms with Crippen molar-refractivity contribution in [3.05, 3.63) is 16.8 Å². The van der Waals surface area contributed by atoms with E-state index < -0.39 is 0 Å². The predicted molar refractivity (Wildman–Crippen MR) is 108 cm³/mol. The molecule has 25 heavy (non-hydrogen) atoms. The van der Waals surface area contributed by atoms with Crippen LogP contribution in [0.15, 0.2) is 11.1 Å². The van der Waals surface area contributed by atoms with Gasteiger partial charge in [0.25, 0.3) is 0 Å². The van der Waals surface area contributed by atoms with E-state index in [1.807, 2.05) is 6.92 Å². The Hall–Kier alpha value is -1.18. The normalized spacial score (nSPS) is 11.4. The van der Waals surface area contributed by atoms with Crippen molar-refractivity contribution >= 4 is 39.2 Å². The molecule has 2 rings (SSSR count). The Balaban J connectivity index is 1.85. The number of thiophene rings is 1. The molecule has 0 unspecified atom stereocenters. The number of thioether (sulfide) groups is 1. The Morgan fingerprint density at radius 2 is 2.04 bits per heavy atom. The fourth-order valence-electron chi connectivity index (χ4n) is 2.59. The first-order valence-electron chi connectivity index (χ1n) is 8.96. The molecule has 0 aliphatic heterocycles. The van der Waals surface area contributed by atoms with Gasteiger partial charge in [-0.3, -0.25) is 4.79 Å². The Kier molecular flexibility index (Phi) is 8.12. The van der Waals surface area contributed by atoms with Crippen LogP contribution in [0, 0.1) is 6.92 Å². The topological polar surface area (TPSA) is 58.1 Å². The number of nitrogens with zero attached hydrogens (tertiary/aromatic N) is 3. The number of carbonyl (C=O) groups excluding carboxylic acids is 1. The van der Waals surface area contributed by atoms with Gasteiger partial charge in [-0.2, -0.15) is 0 Å². The first-order chi connectivity index (χ1) is 12.1. The molecule has 0 aromatic carbocycles. The molecule has 0 aliphatic carbocycles. The van der Waals surface area contributed by atoms with Gasteiger partial charge in [-0.1, -0.05) is 32.5 Å². The van der Waals surface area contributed by atoms with Crippen LogP contribution in [0.1, 0.15) is 37.9 Å². The lowest BCUT2D eigenvalue weighted by atomic mass is 10.3. The maximum atomic E-state index is 12.1. The van der Waals surface area contributed by atoms with Crippen LogP contribution >= 0.6 is 23.1 Å². The molecule has 1 amide bonds. The van der Waals surface area contributed by atoms with Crippen LogP contribution in [0.3, 0.4) is 0 Å². The second-order valence-corrected chi connectivity index (χ2v) is 7.96. The van der Waals surface area contributed by atoms with Gasteiger partial charge in [0.05, 0.1) is 5.75 Å². The van der Waals surface area contributed by atoms with Gasteiger partial charge in [-0.25, -0.2) is 9.97 Å². The summed E-state index contributed by atoms with van der Waals surface area (Å²) in [7, 11) is 0. The van der Waals surface area contributed by atoms with Gasteiger partial charge >= 0.3 is 0 Å². The molecule has 0 saturated carbocycles. The largest absolute Gasteiger partial charge is 0.355 e. The van der Waals surface area contributed by atoms with Gasteiger partial charge in [-0.05, 0) is 45.5 Å². The third-order valence-corrected chi connectivity index (χ3v) is 6.24. The lowest BCUT2D eigenvalue weighted by Gasteiger charge is -2.17. The zero-order valence-corrected chi connectivity index (χ0v) is 17.2. The van der Waals surface area contributed by atoms with Gasteiger partial charge in [0.2, 0.25) is 5.91 Å². The first-order valence-corrected chi connectivity index (χ1v) is 10.8. The van der Waals surface area contributed by atoms with Gasteiger partial charge in [0, 0.05) is 16.8 Å². The lowest BCUT2D eigenvalue weighted by molar-refractivity contribution is -0.118. The van der Waals surface area contributed by atoms with Gasteiger partial charge in [0.15, 0.2) is 0 Å². The molecule has 2 aromatic heterocycles. The molecule has 0 aliphatic rings. The second-order valence-electron chi connectivity index (χ2n) is 5.88. The summed E-state index contributed by atoms with van der Waals surface area (Å²) < 4.78 is 0. The van der Waals surface area contributed by atoms with E-state index in [2.05, 4.69) is 47.0 Å². The molecule has 0 radical (unpaired) electrons. The van der Waals surface area contributed by atoms with E-state index in [1.165, 1.54) is 16.6 Å². The van der Waals surface area contributed by atoms with Crippen molar-refractivity contribution in [2.45, 2.75) is 45.6 Å². The van der Waals surface area contributed by atoms with E-state index in [0.29, 0.717) is 5.75 Å². The van der Waals surface area contributed by atoms with Crippen molar-refractivity contribution < 1.29 is 4.79 Å². The highest BCUT2D eigenvalue weighted by atomic mass is 32.2. The quantitative estimate of drug-likeness (QED) is 0.388. The molecule has 138 valence electrons. The third-order valence-electron chi connectivity index (χ3n) is 4.08. The average Bonchev–Trinajstić information content (AvgIpc) is 3.02. The zero-order valence-electron chi connectivity index (χ0n) is 15.6. The summed E-state index contributed by atoms with van der Waals surface area (Å²) in [5, 5.41) is 5.00. The number of aromatic nitrogens is 2. The maximum Gasteiger partial charge on any atom is 0.230 e.